The lowest BCUT2D eigenvalue weighted by molar-refractivity contribution is -0.165. The number of aromatic hydroxyl groups is 1. The number of carboxylic acid groups (broad SMARTS) is 1. The number of amides is 9. The number of carbonyl (C=O) groups is 11. The number of nitrogens with zero attached hydrogens (tertiary/aromatic N) is 3. The zero-order valence-corrected chi connectivity index (χ0v) is 56.6. The molecule has 1 aliphatic heterocycles. The minimum atomic E-state index is -2.16. The van der Waals surface area contributed by atoms with Gasteiger partial charge in [0.2, 0.25) is 52.8 Å². The van der Waals surface area contributed by atoms with Gasteiger partial charge in [-0.25, -0.2) is 9.59 Å². The normalized spacial score (nSPS) is 15.7. The summed E-state index contributed by atoms with van der Waals surface area (Å²) in [6.45, 7) is 8.98. The summed E-state index contributed by atoms with van der Waals surface area (Å²) >= 11 is 9.33. The SMILES string of the molecule is CCCCCN(Cc1ccccc1)[C@@](CS)(C(=O)N[C@@H](Cc1ccc(O)cc1)C(=O)N[C@H](C(=O)N[C@@H](CCC(N)=O)C(=O)N(Cc1ccccc1)[C@@H](CS)C(=O)N1CCC[C@H]1C(=O)N[C@@H](CC(C)C)C(=O)N[C@@H](CCC(N)=O)C(=O)O)[C@@H](C)CC)C(=O)OCc1ccccc1. The number of phenols is 1. The summed E-state index contributed by atoms with van der Waals surface area (Å²) in [6.07, 6.45) is 1.26. The van der Waals surface area contributed by atoms with Gasteiger partial charge < -0.3 is 62.8 Å². The van der Waals surface area contributed by atoms with E-state index in [1.807, 2.05) is 43.3 Å². The van der Waals surface area contributed by atoms with E-state index in [0.717, 1.165) is 18.4 Å². The van der Waals surface area contributed by atoms with Crippen LogP contribution in [0.15, 0.2) is 115 Å². The molecule has 9 atom stereocenters. The fourth-order valence-corrected chi connectivity index (χ4v) is 12.1. The topological polar surface area (TPSA) is 359 Å². The number of hydrogen-bond acceptors (Lipinski definition) is 16. The van der Waals surface area contributed by atoms with Crippen molar-refractivity contribution in [2.45, 2.75) is 179 Å². The molecule has 9 amide bonds. The number of carbonyl (C=O) groups excluding carboxylic acids is 10. The van der Waals surface area contributed by atoms with E-state index in [9.17, 15) is 39.0 Å². The smallest absolute Gasteiger partial charge is 0.337 e. The van der Waals surface area contributed by atoms with E-state index in [1.54, 1.807) is 99.3 Å². The molecular weight excluding hydrogens is 1260 g/mol. The number of unbranched alkanes of at least 4 members (excludes halogenated alkanes) is 2. The first-order valence-corrected chi connectivity index (χ1v) is 33.6. The second-order valence-electron chi connectivity index (χ2n) is 24.5. The first kappa shape index (κ1) is 77.2. The summed E-state index contributed by atoms with van der Waals surface area (Å²) in [4.78, 5) is 160. The molecule has 11 N–H and O–H groups in total. The Morgan fingerprint density at radius 2 is 1.22 bits per heavy atom. The molecule has 24 nitrogen and oxygen atoms in total. The second kappa shape index (κ2) is 38.8. The minimum absolute atomic E-state index is 0.0367. The lowest BCUT2D eigenvalue weighted by atomic mass is 9.94. The van der Waals surface area contributed by atoms with E-state index in [-0.39, 0.29) is 95.2 Å². The highest BCUT2D eigenvalue weighted by molar-refractivity contribution is 7.80. The van der Waals surface area contributed by atoms with Crippen molar-refractivity contribution in [1.29, 1.82) is 0 Å². The van der Waals surface area contributed by atoms with Crippen molar-refractivity contribution in [3.8, 4) is 5.75 Å². The van der Waals surface area contributed by atoms with Gasteiger partial charge in [-0.1, -0.05) is 157 Å². The van der Waals surface area contributed by atoms with Gasteiger partial charge in [0, 0.05) is 56.9 Å². The van der Waals surface area contributed by atoms with Crippen molar-refractivity contribution >= 4 is 90.4 Å². The van der Waals surface area contributed by atoms with Crippen LogP contribution in [0.1, 0.15) is 128 Å². The number of benzene rings is 4. The molecule has 5 rings (SSSR count). The fourth-order valence-electron chi connectivity index (χ4n) is 11.2. The number of thiol groups is 2. The van der Waals surface area contributed by atoms with Crippen molar-refractivity contribution in [1.82, 2.24) is 41.3 Å². The van der Waals surface area contributed by atoms with Gasteiger partial charge in [-0.3, -0.25) is 48.1 Å². The molecule has 0 aromatic heterocycles. The van der Waals surface area contributed by atoms with E-state index in [1.165, 1.54) is 21.9 Å². The van der Waals surface area contributed by atoms with Crippen molar-refractivity contribution in [3.63, 3.8) is 0 Å². The van der Waals surface area contributed by atoms with Crippen LogP contribution in [0.4, 0.5) is 0 Å². The predicted octanol–water partition coefficient (Wildman–Crippen LogP) is 4.49. The summed E-state index contributed by atoms with van der Waals surface area (Å²) in [5.74, 6) is -11.5. The average Bonchev–Trinajstić information content (AvgIpc) is 1.55. The van der Waals surface area contributed by atoms with Gasteiger partial charge in [0.1, 0.15) is 54.6 Å². The monoisotopic (exact) mass is 1350 g/mol. The highest BCUT2D eigenvalue weighted by Gasteiger charge is 2.53. The Bertz CT molecular complexity index is 3210. The molecule has 4 aromatic rings. The Labute approximate surface area is 567 Å². The maximum atomic E-state index is 15.6. The highest BCUT2D eigenvalue weighted by Crippen LogP contribution is 2.28. The van der Waals surface area contributed by atoms with Gasteiger partial charge in [0.25, 0.3) is 5.91 Å². The lowest BCUT2D eigenvalue weighted by Crippen LogP contribution is -2.68. The third-order valence-electron chi connectivity index (χ3n) is 16.8. The van der Waals surface area contributed by atoms with E-state index in [2.05, 4.69) is 39.2 Å². The molecule has 0 unspecified atom stereocenters. The standard InChI is InChI=1S/C69H94N10O14S2/c1-6-8-18-35-77(39-47-20-12-9-13-21-47)69(43-95,68(92)93-41-49-24-16-11-17-25-49)67(91)75-54(38-46-27-29-50(80)30-28-46)61(84)76-59(45(5)7-2)63(86)72-51(31-33-57(70)81)64(87)79(40-48-22-14-10-15-23-48)56(42-94)65(88)78-36-19-26-55(78)62(85)74-53(37-44(3)4)60(83)73-52(66(89)90)32-34-58(71)82/h9-17,20-25,27-30,44-45,51-56,59,80,94-95H,6-8,18-19,26,31-43H2,1-5H3,(H2,70,81)(H2,71,82)(H,72,86)(H,73,83)(H,74,85)(H,75,91)(H,76,84)(H,89,90)/t45-,51-,52-,53-,54-,55-,56-,59-,69-/m0/s1. The molecule has 0 bridgehead atoms. The quantitative estimate of drug-likeness (QED) is 0.0127. The zero-order chi connectivity index (χ0) is 69.8. The summed E-state index contributed by atoms with van der Waals surface area (Å²) < 4.78 is 6.01. The molecule has 1 saturated heterocycles. The van der Waals surface area contributed by atoms with Gasteiger partial charge in [-0.05, 0) is 84.7 Å². The number of carboxylic acids is 1. The van der Waals surface area contributed by atoms with Crippen molar-refractivity contribution < 1.29 is 67.7 Å². The maximum absolute atomic E-state index is 15.6. The van der Waals surface area contributed by atoms with Gasteiger partial charge in [-0.15, -0.1) is 0 Å². The predicted molar refractivity (Wildman–Crippen MR) is 363 cm³/mol. The lowest BCUT2D eigenvalue weighted by Gasteiger charge is -2.40. The summed E-state index contributed by atoms with van der Waals surface area (Å²) in [5.41, 5.74) is 11.2. The van der Waals surface area contributed by atoms with Crippen LogP contribution in [0.25, 0.3) is 0 Å². The van der Waals surface area contributed by atoms with Gasteiger partial charge in [-0.2, -0.15) is 25.3 Å². The molecule has 0 aliphatic carbocycles. The third kappa shape index (κ3) is 23.1. The molecule has 1 aliphatic rings. The van der Waals surface area contributed by atoms with E-state index in [4.69, 9.17) is 28.8 Å². The minimum Gasteiger partial charge on any atom is -0.508 e. The Hall–Kier alpha value is -8.49. The number of esters is 1. The molecule has 0 radical (unpaired) electrons. The Morgan fingerprint density at radius 1 is 0.663 bits per heavy atom. The van der Waals surface area contributed by atoms with Gasteiger partial charge in [0.15, 0.2) is 0 Å². The number of likely N-dealkylation sites (tertiary alicyclic amines) is 1. The number of nitrogens with one attached hydrogen (secondary N) is 5. The van der Waals surface area contributed by atoms with Crippen LogP contribution in [0, 0.1) is 11.8 Å². The van der Waals surface area contributed by atoms with Crippen molar-refractivity contribution in [3.05, 3.63) is 138 Å². The van der Waals surface area contributed by atoms with Crippen LogP contribution in [0.2, 0.25) is 0 Å². The number of phenolic OH excluding ortho intramolecular Hbond substituents is 1. The average molecular weight is 1350 g/mol. The van der Waals surface area contributed by atoms with Crippen LogP contribution in [-0.4, -0.2) is 162 Å². The summed E-state index contributed by atoms with van der Waals surface area (Å²) in [6, 6.07) is 22.7. The van der Waals surface area contributed by atoms with E-state index < -0.39 is 131 Å². The molecule has 95 heavy (non-hydrogen) atoms. The van der Waals surface area contributed by atoms with E-state index in [0.29, 0.717) is 29.5 Å². The third-order valence-corrected chi connectivity index (χ3v) is 17.6. The van der Waals surface area contributed by atoms with E-state index >= 15 is 24.0 Å². The molecule has 0 saturated carbocycles. The van der Waals surface area contributed by atoms with Gasteiger partial charge in [0.05, 0.1) is 0 Å². The highest BCUT2D eigenvalue weighted by atomic mass is 32.1. The second-order valence-corrected chi connectivity index (χ2v) is 25.1. The number of hydrogen-bond donors (Lipinski definition) is 11. The van der Waals surface area contributed by atoms with Crippen molar-refractivity contribution in [2.24, 2.45) is 23.3 Å². The molecule has 516 valence electrons. The van der Waals surface area contributed by atoms with Crippen molar-refractivity contribution in [2.75, 3.05) is 24.6 Å². The first-order valence-electron chi connectivity index (χ1n) is 32.3. The fraction of sp³-hybridized carbons (Fsp3) is 0.493. The van der Waals surface area contributed by atoms with Crippen LogP contribution in [0.3, 0.4) is 0 Å². The number of aliphatic carboxylic acids is 1. The van der Waals surface area contributed by atoms with Crippen LogP contribution in [0.5, 0.6) is 5.75 Å². The molecule has 4 aromatic carbocycles. The number of primary amides is 2. The van der Waals surface area contributed by atoms with Gasteiger partial charge >= 0.3 is 11.9 Å². The number of ether oxygens (including phenoxy) is 1. The largest absolute Gasteiger partial charge is 0.508 e. The number of rotatable bonds is 40. The molecular formula is C69H94N10O14S2. The molecule has 26 heteroatoms. The Balaban J connectivity index is 1.52. The number of nitrogens with two attached hydrogens (primary N) is 2. The zero-order valence-electron chi connectivity index (χ0n) is 54.8. The Kier molecular flexibility index (Phi) is 31.5. The first-order chi connectivity index (χ1) is 45.4. The molecule has 1 heterocycles. The molecule has 0 spiro atoms. The van der Waals surface area contributed by atoms with Crippen LogP contribution >= 0.6 is 25.3 Å². The molecule has 1 fully saturated rings. The summed E-state index contributed by atoms with van der Waals surface area (Å²) in [5, 5.41) is 33.7. The van der Waals surface area contributed by atoms with Crippen LogP contribution < -0.4 is 38.1 Å². The Morgan fingerprint density at radius 3 is 1.76 bits per heavy atom. The summed E-state index contributed by atoms with van der Waals surface area (Å²) in [7, 11) is 0. The maximum Gasteiger partial charge on any atom is 0.337 e. The van der Waals surface area contributed by atoms with Crippen LogP contribution in [-0.2, 0) is 83.6 Å².